The Bertz CT molecular complexity index is 601. The third kappa shape index (κ3) is 3.90. The van der Waals surface area contributed by atoms with E-state index in [1.54, 1.807) is 18.2 Å². The van der Waals surface area contributed by atoms with E-state index in [1.807, 2.05) is 18.2 Å². The summed E-state index contributed by atoms with van der Waals surface area (Å²) >= 11 is 3.39. The van der Waals surface area contributed by atoms with Crippen LogP contribution in [0.25, 0.3) is 0 Å². The van der Waals surface area contributed by atoms with Crippen molar-refractivity contribution in [2.24, 2.45) is 0 Å². The van der Waals surface area contributed by atoms with Crippen LogP contribution in [0.4, 0.5) is 10.1 Å². The average Bonchev–Trinajstić information content (AvgIpc) is 2.46. The minimum Gasteiger partial charge on any atom is -0.322 e. The van der Waals surface area contributed by atoms with Crippen molar-refractivity contribution in [1.82, 2.24) is 0 Å². The first-order valence-corrected chi connectivity index (χ1v) is 7.53. The maximum absolute atomic E-state index is 13.5. The molecule has 0 aliphatic rings. The zero-order valence-electron chi connectivity index (χ0n) is 10.9. The SMILES string of the molecule is O=C(Nc1cccc(CCCBr)c1)c1ccccc1F. The van der Waals surface area contributed by atoms with Crippen LogP contribution in [0.5, 0.6) is 0 Å². The van der Waals surface area contributed by atoms with Crippen molar-refractivity contribution in [3.8, 4) is 0 Å². The predicted molar refractivity (Wildman–Crippen MR) is 82.9 cm³/mol. The number of aryl methyl sites for hydroxylation is 1. The van der Waals surface area contributed by atoms with Gasteiger partial charge in [-0.3, -0.25) is 4.79 Å². The molecule has 0 spiro atoms. The maximum atomic E-state index is 13.5. The van der Waals surface area contributed by atoms with Crippen LogP contribution in [0.1, 0.15) is 22.3 Å². The van der Waals surface area contributed by atoms with E-state index in [-0.39, 0.29) is 5.56 Å². The third-order valence-corrected chi connectivity index (χ3v) is 3.46. The van der Waals surface area contributed by atoms with Gasteiger partial charge in [0.25, 0.3) is 5.91 Å². The lowest BCUT2D eigenvalue weighted by Gasteiger charge is -2.08. The van der Waals surface area contributed by atoms with Gasteiger partial charge in [-0.05, 0) is 42.7 Å². The molecule has 20 heavy (non-hydrogen) atoms. The molecule has 0 bridgehead atoms. The molecule has 0 heterocycles. The highest BCUT2D eigenvalue weighted by Gasteiger charge is 2.10. The third-order valence-electron chi connectivity index (χ3n) is 2.90. The summed E-state index contributed by atoms with van der Waals surface area (Å²) in [5, 5.41) is 3.67. The summed E-state index contributed by atoms with van der Waals surface area (Å²) < 4.78 is 13.5. The molecule has 0 aliphatic heterocycles. The van der Waals surface area contributed by atoms with Crippen molar-refractivity contribution >= 4 is 27.5 Å². The number of benzene rings is 2. The number of nitrogens with one attached hydrogen (secondary N) is 1. The maximum Gasteiger partial charge on any atom is 0.258 e. The van der Waals surface area contributed by atoms with Crippen LogP contribution in [0.3, 0.4) is 0 Å². The van der Waals surface area contributed by atoms with Gasteiger partial charge in [0.2, 0.25) is 0 Å². The smallest absolute Gasteiger partial charge is 0.258 e. The topological polar surface area (TPSA) is 29.1 Å². The van der Waals surface area contributed by atoms with E-state index in [2.05, 4.69) is 21.2 Å². The largest absolute Gasteiger partial charge is 0.322 e. The summed E-state index contributed by atoms with van der Waals surface area (Å²) in [6.45, 7) is 0. The van der Waals surface area contributed by atoms with E-state index in [1.165, 1.54) is 12.1 Å². The first kappa shape index (κ1) is 14.7. The molecule has 0 unspecified atom stereocenters. The molecule has 1 N–H and O–H groups in total. The Morgan fingerprint density at radius 2 is 1.95 bits per heavy atom. The zero-order valence-corrected chi connectivity index (χ0v) is 12.5. The fourth-order valence-electron chi connectivity index (χ4n) is 1.92. The van der Waals surface area contributed by atoms with Crippen LogP contribution in [0, 0.1) is 5.82 Å². The summed E-state index contributed by atoms with van der Waals surface area (Å²) in [4.78, 5) is 12.0. The van der Waals surface area contributed by atoms with E-state index in [0.29, 0.717) is 5.69 Å². The summed E-state index contributed by atoms with van der Waals surface area (Å²) in [5.41, 5.74) is 1.89. The Hall–Kier alpha value is -1.68. The number of carbonyl (C=O) groups excluding carboxylic acids is 1. The average molecular weight is 336 g/mol. The minimum absolute atomic E-state index is 0.0540. The predicted octanol–water partition coefficient (Wildman–Crippen LogP) is 4.41. The number of rotatable bonds is 5. The highest BCUT2D eigenvalue weighted by molar-refractivity contribution is 9.09. The van der Waals surface area contributed by atoms with Gasteiger partial charge < -0.3 is 5.32 Å². The monoisotopic (exact) mass is 335 g/mol. The van der Waals surface area contributed by atoms with Crippen LogP contribution < -0.4 is 5.32 Å². The fraction of sp³-hybridized carbons (Fsp3) is 0.188. The molecule has 2 aromatic rings. The van der Waals surface area contributed by atoms with Crippen LogP contribution in [-0.4, -0.2) is 11.2 Å². The van der Waals surface area contributed by atoms with Crippen LogP contribution in [0.15, 0.2) is 48.5 Å². The van der Waals surface area contributed by atoms with E-state index in [0.717, 1.165) is 23.7 Å². The van der Waals surface area contributed by atoms with Gasteiger partial charge in [-0.2, -0.15) is 0 Å². The number of alkyl halides is 1. The molecule has 104 valence electrons. The second-order valence-corrected chi connectivity index (χ2v) is 5.22. The Morgan fingerprint density at radius 1 is 1.15 bits per heavy atom. The van der Waals surface area contributed by atoms with Crippen LogP contribution in [-0.2, 0) is 6.42 Å². The van der Waals surface area contributed by atoms with Gasteiger partial charge in [-0.1, -0.05) is 40.2 Å². The van der Waals surface area contributed by atoms with Gasteiger partial charge >= 0.3 is 0 Å². The van der Waals surface area contributed by atoms with E-state index >= 15 is 0 Å². The minimum atomic E-state index is -0.513. The van der Waals surface area contributed by atoms with Crippen molar-refractivity contribution in [1.29, 1.82) is 0 Å². The zero-order chi connectivity index (χ0) is 14.4. The van der Waals surface area contributed by atoms with Crippen molar-refractivity contribution < 1.29 is 9.18 Å². The number of hydrogen-bond acceptors (Lipinski definition) is 1. The molecule has 2 rings (SSSR count). The normalized spacial score (nSPS) is 10.3. The van der Waals surface area contributed by atoms with E-state index < -0.39 is 11.7 Å². The summed E-state index contributed by atoms with van der Waals surface area (Å²) in [6, 6.07) is 13.6. The highest BCUT2D eigenvalue weighted by atomic mass is 79.9. The molecule has 0 atom stereocenters. The Kier molecular flexibility index (Phi) is 5.30. The van der Waals surface area contributed by atoms with Gasteiger partial charge in [0, 0.05) is 11.0 Å². The van der Waals surface area contributed by atoms with Crippen molar-refractivity contribution in [3.63, 3.8) is 0 Å². The standard InChI is InChI=1S/C16H15BrFNO/c17-10-4-6-12-5-3-7-13(11-12)19-16(20)14-8-1-2-9-15(14)18/h1-3,5,7-9,11H,4,6,10H2,(H,19,20). The lowest BCUT2D eigenvalue weighted by Crippen LogP contribution is -2.13. The number of hydrogen-bond donors (Lipinski definition) is 1. The van der Waals surface area contributed by atoms with Crippen molar-refractivity contribution in [2.75, 3.05) is 10.6 Å². The second kappa shape index (κ2) is 7.20. The van der Waals surface area contributed by atoms with Crippen molar-refractivity contribution in [3.05, 3.63) is 65.5 Å². The van der Waals surface area contributed by atoms with E-state index in [9.17, 15) is 9.18 Å². The number of anilines is 1. The molecule has 0 fully saturated rings. The molecule has 4 heteroatoms. The number of amides is 1. The molecule has 0 saturated heterocycles. The highest BCUT2D eigenvalue weighted by Crippen LogP contribution is 2.15. The quantitative estimate of drug-likeness (QED) is 0.806. The summed E-state index contributed by atoms with van der Waals surface area (Å²) in [7, 11) is 0. The van der Waals surface area contributed by atoms with Crippen LogP contribution >= 0.6 is 15.9 Å². The molecule has 2 aromatic carbocycles. The second-order valence-electron chi connectivity index (χ2n) is 4.43. The Morgan fingerprint density at radius 3 is 2.70 bits per heavy atom. The molecule has 0 radical (unpaired) electrons. The lowest BCUT2D eigenvalue weighted by molar-refractivity contribution is 0.102. The first-order chi connectivity index (χ1) is 9.70. The number of carbonyl (C=O) groups is 1. The Balaban J connectivity index is 2.10. The molecule has 2 nitrogen and oxygen atoms in total. The summed E-state index contributed by atoms with van der Waals surface area (Å²) in [5.74, 6) is -0.943. The molecular weight excluding hydrogens is 321 g/mol. The molecule has 1 amide bonds. The molecule has 0 saturated carbocycles. The van der Waals surface area contributed by atoms with Crippen LogP contribution in [0.2, 0.25) is 0 Å². The lowest BCUT2D eigenvalue weighted by atomic mass is 10.1. The number of halogens is 2. The van der Waals surface area contributed by atoms with E-state index in [4.69, 9.17) is 0 Å². The van der Waals surface area contributed by atoms with Gasteiger partial charge in [0.05, 0.1) is 5.56 Å². The Labute approximate surface area is 126 Å². The van der Waals surface area contributed by atoms with Gasteiger partial charge in [0.15, 0.2) is 0 Å². The fourth-order valence-corrected chi connectivity index (χ4v) is 2.20. The van der Waals surface area contributed by atoms with Crippen molar-refractivity contribution in [2.45, 2.75) is 12.8 Å². The molecule has 0 aliphatic carbocycles. The molecule has 0 aromatic heterocycles. The van der Waals surface area contributed by atoms with Gasteiger partial charge in [-0.25, -0.2) is 4.39 Å². The summed E-state index contributed by atoms with van der Waals surface area (Å²) in [6.07, 6.45) is 1.97. The first-order valence-electron chi connectivity index (χ1n) is 6.41. The van der Waals surface area contributed by atoms with Gasteiger partial charge in [-0.15, -0.1) is 0 Å². The van der Waals surface area contributed by atoms with Gasteiger partial charge in [0.1, 0.15) is 5.82 Å². The molecular formula is C16H15BrFNO.